The molecule has 0 aliphatic heterocycles. The van der Waals surface area contributed by atoms with Crippen LogP contribution >= 0.6 is 0 Å². The van der Waals surface area contributed by atoms with Gasteiger partial charge >= 0.3 is 12.0 Å². The van der Waals surface area contributed by atoms with Gasteiger partial charge in [0.2, 0.25) is 5.91 Å². The third kappa shape index (κ3) is 6.97. The Kier molecular flexibility index (Phi) is 6.98. The summed E-state index contributed by atoms with van der Waals surface area (Å²) in [4.78, 5) is 33.3. The molecule has 1 saturated carbocycles. The molecule has 0 bridgehead atoms. The molecule has 0 atom stereocenters. The summed E-state index contributed by atoms with van der Waals surface area (Å²) >= 11 is 0. The highest BCUT2D eigenvalue weighted by Crippen LogP contribution is 2.38. The number of rotatable bonds is 8. The highest BCUT2D eigenvalue weighted by Gasteiger charge is 2.34. The van der Waals surface area contributed by atoms with E-state index in [1.807, 2.05) is 0 Å². The Morgan fingerprint density at radius 1 is 1.10 bits per heavy atom. The van der Waals surface area contributed by atoms with Crippen molar-refractivity contribution in [3.8, 4) is 0 Å². The number of nitrogens with one attached hydrogen (secondary N) is 2. The topological polar surface area (TPSA) is 122 Å². The second-order valence-corrected chi connectivity index (χ2v) is 5.81. The van der Waals surface area contributed by atoms with Crippen molar-refractivity contribution in [3.05, 3.63) is 0 Å². The van der Waals surface area contributed by atoms with Crippen LogP contribution in [0.3, 0.4) is 0 Å². The van der Waals surface area contributed by atoms with E-state index in [0.717, 1.165) is 32.1 Å². The molecule has 0 aromatic carbocycles. The van der Waals surface area contributed by atoms with Crippen molar-refractivity contribution in [2.24, 2.45) is 11.1 Å². The van der Waals surface area contributed by atoms with E-state index in [9.17, 15) is 14.4 Å². The molecule has 120 valence electrons. The smallest absolute Gasteiger partial charge is 0.314 e. The zero-order chi connectivity index (χ0) is 15.7. The molecule has 5 N–H and O–H groups in total. The van der Waals surface area contributed by atoms with Gasteiger partial charge in [-0.3, -0.25) is 9.59 Å². The van der Waals surface area contributed by atoms with Crippen molar-refractivity contribution in [2.45, 2.75) is 51.4 Å². The number of carbonyl (C=O) groups excluding carboxylic acids is 2. The Morgan fingerprint density at radius 3 is 2.33 bits per heavy atom. The summed E-state index contributed by atoms with van der Waals surface area (Å²) in [6.07, 6.45) is 5.65. The highest BCUT2D eigenvalue weighted by atomic mass is 16.4. The fraction of sp³-hybridized carbons (Fsp3) is 0.786. The van der Waals surface area contributed by atoms with Crippen LogP contribution in [-0.2, 0) is 9.59 Å². The van der Waals surface area contributed by atoms with Crippen LogP contribution in [0.25, 0.3) is 0 Å². The average Bonchev–Trinajstić information content (AvgIpc) is 2.41. The summed E-state index contributed by atoms with van der Waals surface area (Å²) in [5, 5.41) is 14.4. The highest BCUT2D eigenvalue weighted by molar-refractivity contribution is 5.75. The number of aliphatic carboxylic acids is 1. The first kappa shape index (κ1) is 17.3. The lowest BCUT2D eigenvalue weighted by atomic mass is 9.72. The van der Waals surface area contributed by atoms with E-state index >= 15 is 0 Å². The molecule has 0 saturated heterocycles. The molecule has 7 heteroatoms. The molecule has 21 heavy (non-hydrogen) atoms. The Bertz CT molecular complexity index is 378. The normalized spacial score (nSPS) is 17.0. The summed E-state index contributed by atoms with van der Waals surface area (Å²) in [5.41, 5.74) is 4.68. The molecule has 1 fully saturated rings. The molecule has 3 amide bonds. The van der Waals surface area contributed by atoms with Crippen molar-refractivity contribution in [3.63, 3.8) is 0 Å². The number of urea groups is 1. The molecule has 0 unspecified atom stereocenters. The van der Waals surface area contributed by atoms with Gasteiger partial charge in [0, 0.05) is 19.5 Å². The number of hydrogen-bond donors (Lipinski definition) is 4. The number of amides is 3. The average molecular weight is 299 g/mol. The van der Waals surface area contributed by atoms with Gasteiger partial charge in [-0.25, -0.2) is 4.79 Å². The van der Waals surface area contributed by atoms with Gasteiger partial charge in [0.05, 0.1) is 6.42 Å². The predicted molar refractivity (Wildman–Crippen MR) is 77.6 cm³/mol. The van der Waals surface area contributed by atoms with Crippen molar-refractivity contribution in [1.82, 2.24) is 10.6 Å². The van der Waals surface area contributed by atoms with E-state index in [1.165, 1.54) is 0 Å². The molecule has 0 heterocycles. The Hall–Kier alpha value is -1.79. The van der Waals surface area contributed by atoms with Crippen LogP contribution in [0.1, 0.15) is 51.4 Å². The van der Waals surface area contributed by atoms with Gasteiger partial charge in [0.1, 0.15) is 0 Å². The van der Waals surface area contributed by atoms with Gasteiger partial charge in [-0.05, 0) is 24.7 Å². The van der Waals surface area contributed by atoms with Crippen molar-refractivity contribution in [1.29, 1.82) is 0 Å². The third-order valence-corrected chi connectivity index (χ3v) is 3.95. The van der Waals surface area contributed by atoms with Crippen LogP contribution in [0.15, 0.2) is 0 Å². The number of nitrogens with two attached hydrogens (primary N) is 1. The zero-order valence-electron chi connectivity index (χ0n) is 12.3. The second kappa shape index (κ2) is 8.49. The number of carbonyl (C=O) groups is 3. The minimum atomic E-state index is -0.819. The largest absolute Gasteiger partial charge is 0.481 e. The van der Waals surface area contributed by atoms with Gasteiger partial charge in [-0.15, -0.1) is 0 Å². The van der Waals surface area contributed by atoms with Crippen molar-refractivity contribution >= 4 is 17.9 Å². The molecular formula is C14H25N3O4. The van der Waals surface area contributed by atoms with Gasteiger partial charge in [0.15, 0.2) is 0 Å². The maximum absolute atomic E-state index is 11.7. The summed E-state index contributed by atoms with van der Waals surface area (Å²) in [6, 6.07) is -0.324. The molecule has 1 rings (SSSR count). The van der Waals surface area contributed by atoms with Crippen LogP contribution in [-0.4, -0.2) is 36.1 Å². The van der Waals surface area contributed by atoms with Crippen LogP contribution in [0.5, 0.6) is 0 Å². The van der Waals surface area contributed by atoms with E-state index in [-0.39, 0.29) is 30.2 Å². The van der Waals surface area contributed by atoms with Crippen LogP contribution in [0.4, 0.5) is 4.79 Å². The summed E-state index contributed by atoms with van der Waals surface area (Å²) in [5.74, 6) is -1.21. The molecular weight excluding hydrogens is 274 g/mol. The molecule has 0 radical (unpaired) electrons. The fourth-order valence-electron chi connectivity index (χ4n) is 2.83. The lowest BCUT2D eigenvalue weighted by Gasteiger charge is -2.36. The quantitative estimate of drug-likeness (QED) is 0.499. The minimum Gasteiger partial charge on any atom is -0.481 e. The van der Waals surface area contributed by atoms with Gasteiger partial charge in [-0.1, -0.05) is 19.3 Å². The Labute approximate surface area is 124 Å². The van der Waals surface area contributed by atoms with Gasteiger partial charge in [0.25, 0.3) is 0 Å². The number of primary amides is 1. The monoisotopic (exact) mass is 299 g/mol. The van der Waals surface area contributed by atoms with Crippen molar-refractivity contribution < 1.29 is 19.5 Å². The molecule has 7 nitrogen and oxygen atoms in total. The molecule has 0 aromatic rings. The van der Waals surface area contributed by atoms with E-state index in [2.05, 4.69) is 10.6 Å². The molecule has 0 aromatic heterocycles. The zero-order valence-corrected chi connectivity index (χ0v) is 12.3. The number of hydrogen-bond acceptors (Lipinski definition) is 3. The summed E-state index contributed by atoms with van der Waals surface area (Å²) in [6.45, 7) is 0.752. The maximum Gasteiger partial charge on any atom is 0.314 e. The van der Waals surface area contributed by atoms with Crippen LogP contribution in [0, 0.1) is 5.41 Å². The van der Waals surface area contributed by atoms with Gasteiger partial charge < -0.3 is 21.5 Å². The summed E-state index contributed by atoms with van der Waals surface area (Å²) < 4.78 is 0. The molecule has 1 aliphatic carbocycles. The Balaban J connectivity index is 2.33. The first-order chi connectivity index (χ1) is 9.93. The second-order valence-electron chi connectivity index (χ2n) is 5.81. The number of carboxylic acids is 1. The first-order valence-corrected chi connectivity index (χ1v) is 7.45. The van der Waals surface area contributed by atoms with Crippen LogP contribution < -0.4 is 16.4 Å². The fourth-order valence-corrected chi connectivity index (χ4v) is 2.83. The van der Waals surface area contributed by atoms with E-state index < -0.39 is 5.97 Å². The number of carboxylic acid groups (broad SMARTS) is 1. The SMILES string of the molecule is NC(=O)CCCNC(=O)NCC1(CC(=O)O)CCCCC1. The van der Waals surface area contributed by atoms with E-state index in [4.69, 9.17) is 10.8 Å². The third-order valence-electron chi connectivity index (χ3n) is 3.95. The van der Waals surface area contributed by atoms with Crippen molar-refractivity contribution in [2.75, 3.05) is 13.1 Å². The Morgan fingerprint density at radius 2 is 1.76 bits per heavy atom. The maximum atomic E-state index is 11.7. The van der Waals surface area contributed by atoms with E-state index in [1.54, 1.807) is 0 Å². The molecule has 0 spiro atoms. The van der Waals surface area contributed by atoms with E-state index in [0.29, 0.717) is 19.5 Å². The molecule has 1 aliphatic rings. The standard InChI is InChI=1S/C14H25N3O4/c15-11(18)5-4-8-16-13(21)17-10-14(9-12(19)20)6-2-1-3-7-14/h1-10H2,(H2,15,18)(H,19,20)(H2,16,17,21). The van der Waals surface area contributed by atoms with Gasteiger partial charge in [-0.2, -0.15) is 0 Å². The van der Waals surface area contributed by atoms with Crippen LogP contribution in [0.2, 0.25) is 0 Å². The lowest BCUT2D eigenvalue weighted by Crippen LogP contribution is -2.44. The first-order valence-electron chi connectivity index (χ1n) is 7.45. The minimum absolute atomic E-state index is 0.0922. The predicted octanol–water partition coefficient (Wildman–Crippen LogP) is 0.976. The summed E-state index contributed by atoms with van der Waals surface area (Å²) in [7, 11) is 0. The lowest BCUT2D eigenvalue weighted by molar-refractivity contribution is -0.140.